The van der Waals surface area contributed by atoms with Gasteiger partial charge in [0.2, 0.25) is 0 Å². The van der Waals surface area contributed by atoms with E-state index < -0.39 is 0 Å². The normalized spacial score (nSPS) is 11.1. The first-order valence-electron chi connectivity index (χ1n) is 5.86. The average Bonchev–Trinajstić information content (AvgIpc) is 2.71. The third-order valence-electron chi connectivity index (χ3n) is 3.02. The molecular weight excluding hydrogens is 227 g/mol. The van der Waals surface area contributed by atoms with Crippen LogP contribution in [0.2, 0.25) is 0 Å². The summed E-state index contributed by atoms with van der Waals surface area (Å²) in [6, 6.07) is 11.1. The summed E-state index contributed by atoms with van der Waals surface area (Å²) in [4.78, 5) is 7.58. The lowest BCUT2D eigenvalue weighted by molar-refractivity contribution is 0.629. The predicted molar refractivity (Wildman–Crippen MR) is 71.0 cm³/mol. The smallest absolute Gasteiger partial charge is 0.141 e. The van der Waals surface area contributed by atoms with E-state index in [1.807, 2.05) is 38.1 Å². The van der Waals surface area contributed by atoms with E-state index in [-0.39, 0.29) is 5.82 Å². The molecule has 2 aromatic carbocycles. The molecule has 2 nitrogen and oxygen atoms in total. The van der Waals surface area contributed by atoms with Crippen molar-refractivity contribution < 1.29 is 4.39 Å². The maximum Gasteiger partial charge on any atom is 0.141 e. The van der Waals surface area contributed by atoms with E-state index in [9.17, 15) is 4.39 Å². The van der Waals surface area contributed by atoms with E-state index in [4.69, 9.17) is 0 Å². The summed E-state index contributed by atoms with van der Waals surface area (Å²) in [5.74, 6) is 0.332. The predicted octanol–water partition coefficient (Wildman–Crippen LogP) is 3.99. The molecule has 3 heteroatoms. The van der Waals surface area contributed by atoms with E-state index in [1.54, 1.807) is 6.07 Å². The molecule has 1 aromatic heterocycles. The molecule has 90 valence electrons. The minimum atomic E-state index is -0.245. The Kier molecular flexibility index (Phi) is 2.40. The summed E-state index contributed by atoms with van der Waals surface area (Å²) in [5.41, 5.74) is 4.36. The summed E-state index contributed by atoms with van der Waals surface area (Å²) >= 11 is 0. The van der Waals surface area contributed by atoms with E-state index >= 15 is 0 Å². The second-order valence-corrected chi connectivity index (χ2v) is 4.59. The number of aryl methyl sites for hydroxylation is 2. The first kappa shape index (κ1) is 11.0. The van der Waals surface area contributed by atoms with Gasteiger partial charge in [0.15, 0.2) is 0 Å². The first-order chi connectivity index (χ1) is 8.63. The third-order valence-corrected chi connectivity index (χ3v) is 3.02. The molecule has 0 aliphatic rings. The molecule has 0 fully saturated rings. The van der Waals surface area contributed by atoms with Gasteiger partial charge in [-0.25, -0.2) is 9.37 Å². The summed E-state index contributed by atoms with van der Waals surface area (Å²) in [7, 11) is 0. The van der Waals surface area contributed by atoms with Gasteiger partial charge in [0.25, 0.3) is 0 Å². The highest BCUT2D eigenvalue weighted by molar-refractivity contribution is 5.80. The molecular formula is C15H13FN2. The molecule has 0 amide bonds. The maximum absolute atomic E-state index is 13.9. The van der Waals surface area contributed by atoms with Crippen LogP contribution >= 0.6 is 0 Å². The fraction of sp³-hybridized carbons (Fsp3) is 0.133. The molecule has 0 unspecified atom stereocenters. The fourth-order valence-electron chi connectivity index (χ4n) is 2.06. The van der Waals surface area contributed by atoms with Gasteiger partial charge in [0.05, 0.1) is 16.6 Å². The number of hydrogen-bond acceptors (Lipinski definition) is 1. The highest BCUT2D eigenvalue weighted by Crippen LogP contribution is 2.24. The second kappa shape index (κ2) is 3.95. The van der Waals surface area contributed by atoms with Crippen molar-refractivity contribution in [2.75, 3.05) is 0 Å². The molecule has 0 bridgehead atoms. The van der Waals surface area contributed by atoms with Gasteiger partial charge in [-0.05, 0) is 49.2 Å². The molecule has 0 atom stereocenters. The zero-order valence-electron chi connectivity index (χ0n) is 10.3. The quantitative estimate of drug-likeness (QED) is 0.684. The largest absolute Gasteiger partial charge is 0.338 e. The minimum absolute atomic E-state index is 0.245. The number of imidazole rings is 1. The Morgan fingerprint density at radius 3 is 2.50 bits per heavy atom. The van der Waals surface area contributed by atoms with Gasteiger partial charge < -0.3 is 4.98 Å². The number of hydrogen-bond donors (Lipinski definition) is 1. The molecule has 1 N–H and O–H groups in total. The summed E-state index contributed by atoms with van der Waals surface area (Å²) in [5, 5.41) is 0. The molecule has 0 saturated carbocycles. The number of rotatable bonds is 1. The number of benzene rings is 2. The van der Waals surface area contributed by atoms with Crippen molar-refractivity contribution in [1.82, 2.24) is 9.97 Å². The van der Waals surface area contributed by atoms with Crippen LogP contribution in [-0.2, 0) is 0 Å². The Balaban J connectivity index is 2.19. The SMILES string of the molecule is Cc1ccc(-c2nc3ccc(C)cc3[nH]2)c(F)c1. The van der Waals surface area contributed by atoms with E-state index in [2.05, 4.69) is 9.97 Å². The Morgan fingerprint density at radius 2 is 1.72 bits per heavy atom. The first-order valence-corrected chi connectivity index (χ1v) is 5.86. The molecule has 0 aliphatic heterocycles. The van der Waals surface area contributed by atoms with Crippen LogP contribution in [0.5, 0.6) is 0 Å². The Morgan fingerprint density at radius 1 is 1.00 bits per heavy atom. The van der Waals surface area contributed by atoms with Crippen LogP contribution < -0.4 is 0 Å². The number of halogens is 1. The van der Waals surface area contributed by atoms with E-state index in [0.29, 0.717) is 11.4 Å². The fourth-order valence-corrected chi connectivity index (χ4v) is 2.06. The van der Waals surface area contributed by atoms with Crippen LogP contribution in [0.15, 0.2) is 36.4 Å². The van der Waals surface area contributed by atoms with Crippen molar-refractivity contribution >= 4 is 11.0 Å². The average molecular weight is 240 g/mol. The molecule has 0 saturated heterocycles. The molecule has 3 aromatic rings. The van der Waals surface area contributed by atoms with Gasteiger partial charge in [-0.1, -0.05) is 12.1 Å². The van der Waals surface area contributed by atoms with Crippen molar-refractivity contribution in [3.05, 3.63) is 53.3 Å². The number of aromatic nitrogens is 2. The third kappa shape index (κ3) is 1.78. The molecule has 0 radical (unpaired) electrons. The lowest BCUT2D eigenvalue weighted by atomic mass is 10.1. The number of nitrogens with one attached hydrogen (secondary N) is 1. The van der Waals surface area contributed by atoms with Gasteiger partial charge >= 0.3 is 0 Å². The van der Waals surface area contributed by atoms with Gasteiger partial charge in [-0.3, -0.25) is 0 Å². The van der Waals surface area contributed by atoms with E-state index in [1.165, 1.54) is 6.07 Å². The van der Waals surface area contributed by atoms with Crippen LogP contribution in [0.25, 0.3) is 22.4 Å². The van der Waals surface area contributed by atoms with Crippen LogP contribution in [0.4, 0.5) is 4.39 Å². The van der Waals surface area contributed by atoms with Crippen molar-refractivity contribution in [1.29, 1.82) is 0 Å². The van der Waals surface area contributed by atoms with Gasteiger partial charge in [-0.2, -0.15) is 0 Å². The Labute approximate surface area is 104 Å². The van der Waals surface area contributed by atoms with Gasteiger partial charge in [0, 0.05) is 0 Å². The summed E-state index contributed by atoms with van der Waals surface area (Å²) in [6.45, 7) is 3.89. The number of fused-ring (bicyclic) bond motifs is 1. The molecule has 0 spiro atoms. The minimum Gasteiger partial charge on any atom is -0.338 e. The van der Waals surface area contributed by atoms with E-state index in [0.717, 1.165) is 22.2 Å². The molecule has 0 aliphatic carbocycles. The zero-order valence-corrected chi connectivity index (χ0v) is 10.3. The van der Waals surface area contributed by atoms with Gasteiger partial charge in [0.1, 0.15) is 11.6 Å². The van der Waals surface area contributed by atoms with Crippen molar-refractivity contribution in [2.24, 2.45) is 0 Å². The lowest BCUT2D eigenvalue weighted by Crippen LogP contribution is -1.87. The van der Waals surface area contributed by atoms with Crippen molar-refractivity contribution in [3.63, 3.8) is 0 Å². The number of aromatic amines is 1. The summed E-state index contributed by atoms with van der Waals surface area (Å²) < 4.78 is 13.9. The second-order valence-electron chi connectivity index (χ2n) is 4.59. The zero-order chi connectivity index (χ0) is 12.7. The standard InChI is InChI=1S/C15H13FN2/c1-9-3-5-11(12(16)7-9)15-17-13-6-4-10(2)8-14(13)18-15/h3-8H,1-2H3,(H,17,18). The topological polar surface area (TPSA) is 28.7 Å². The molecule has 1 heterocycles. The highest BCUT2D eigenvalue weighted by Gasteiger charge is 2.09. The summed E-state index contributed by atoms with van der Waals surface area (Å²) in [6.07, 6.45) is 0. The van der Waals surface area contributed by atoms with Crippen LogP contribution in [-0.4, -0.2) is 9.97 Å². The number of H-pyrrole nitrogens is 1. The Hall–Kier alpha value is -2.16. The molecule has 18 heavy (non-hydrogen) atoms. The van der Waals surface area contributed by atoms with Crippen molar-refractivity contribution in [2.45, 2.75) is 13.8 Å². The number of nitrogens with zero attached hydrogens (tertiary/aromatic N) is 1. The molecule has 3 rings (SSSR count). The van der Waals surface area contributed by atoms with Crippen LogP contribution in [0.1, 0.15) is 11.1 Å². The van der Waals surface area contributed by atoms with Crippen LogP contribution in [0, 0.1) is 19.7 Å². The maximum atomic E-state index is 13.9. The Bertz CT molecular complexity index is 728. The highest BCUT2D eigenvalue weighted by atomic mass is 19.1. The monoisotopic (exact) mass is 240 g/mol. The van der Waals surface area contributed by atoms with Gasteiger partial charge in [-0.15, -0.1) is 0 Å². The van der Waals surface area contributed by atoms with Crippen LogP contribution in [0.3, 0.4) is 0 Å². The lowest BCUT2D eigenvalue weighted by Gasteiger charge is -2.00. The van der Waals surface area contributed by atoms with Crippen molar-refractivity contribution in [3.8, 4) is 11.4 Å².